The molecule has 0 bridgehead atoms. The van der Waals surface area contributed by atoms with Gasteiger partial charge in [-0.1, -0.05) is 13.8 Å². The predicted molar refractivity (Wildman–Crippen MR) is 73.6 cm³/mol. The van der Waals surface area contributed by atoms with Gasteiger partial charge in [0.15, 0.2) is 0 Å². The summed E-state index contributed by atoms with van der Waals surface area (Å²) in [5.41, 5.74) is 0. The Labute approximate surface area is 111 Å². The molecule has 0 saturated carbocycles. The number of hydrogen-bond donors (Lipinski definition) is 0. The first-order valence-corrected chi connectivity index (χ1v) is 7.21. The van der Waals surface area contributed by atoms with Crippen molar-refractivity contribution >= 4 is 5.97 Å². The Bertz CT molecular complexity index is 254. The van der Waals surface area contributed by atoms with E-state index in [1.807, 2.05) is 7.05 Å². The van der Waals surface area contributed by atoms with E-state index in [0.717, 1.165) is 32.5 Å². The molecule has 0 aliphatic carbocycles. The molecule has 1 saturated heterocycles. The monoisotopic (exact) mass is 256 g/mol. The Morgan fingerprint density at radius 1 is 1.33 bits per heavy atom. The smallest absolute Gasteiger partial charge is 0.323 e. The van der Waals surface area contributed by atoms with Crippen LogP contribution in [0, 0.1) is 0 Å². The third-order valence-corrected chi connectivity index (χ3v) is 4.10. The lowest BCUT2D eigenvalue weighted by Gasteiger charge is -2.36. The summed E-state index contributed by atoms with van der Waals surface area (Å²) in [5.74, 6) is -0.0452. The van der Waals surface area contributed by atoms with Crippen molar-refractivity contribution < 1.29 is 9.53 Å². The Kier molecular flexibility index (Phi) is 6.65. The fraction of sp³-hybridized carbons (Fsp3) is 0.929. The fourth-order valence-electron chi connectivity index (χ4n) is 2.52. The number of carbonyl (C=O) groups is 1. The van der Waals surface area contributed by atoms with Gasteiger partial charge in [0.05, 0.1) is 0 Å². The van der Waals surface area contributed by atoms with Crippen LogP contribution in [0.4, 0.5) is 0 Å². The van der Waals surface area contributed by atoms with Crippen molar-refractivity contribution in [3.63, 3.8) is 0 Å². The van der Waals surface area contributed by atoms with E-state index in [4.69, 9.17) is 4.74 Å². The third-order valence-electron chi connectivity index (χ3n) is 4.10. The molecule has 2 unspecified atom stereocenters. The number of hydrogen-bond acceptors (Lipinski definition) is 4. The summed E-state index contributed by atoms with van der Waals surface area (Å²) < 4.78 is 5.41. The Morgan fingerprint density at radius 3 is 2.61 bits per heavy atom. The summed E-state index contributed by atoms with van der Waals surface area (Å²) >= 11 is 0. The lowest BCUT2D eigenvalue weighted by Crippen LogP contribution is -2.47. The van der Waals surface area contributed by atoms with Crippen LogP contribution < -0.4 is 0 Å². The summed E-state index contributed by atoms with van der Waals surface area (Å²) in [6.45, 7) is 9.80. The predicted octanol–water partition coefficient (Wildman–Crippen LogP) is 1.74. The van der Waals surface area contributed by atoms with Crippen LogP contribution in [0.15, 0.2) is 0 Å². The molecule has 0 N–H and O–H groups in total. The molecule has 1 aliphatic heterocycles. The van der Waals surface area contributed by atoms with E-state index in [1.54, 1.807) is 0 Å². The topological polar surface area (TPSA) is 32.8 Å². The van der Waals surface area contributed by atoms with Crippen molar-refractivity contribution in [2.24, 2.45) is 0 Å². The quantitative estimate of drug-likeness (QED) is 0.678. The second-order valence-corrected chi connectivity index (χ2v) is 5.16. The van der Waals surface area contributed by atoms with Crippen LogP contribution >= 0.6 is 0 Å². The molecule has 0 aromatic heterocycles. The molecule has 2 atom stereocenters. The highest BCUT2D eigenvalue weighted by Gasteiger charge is 2.31. The van der Waals surface area contributed by atoms with Crippen molar-refractivity contribution in [2.45, 2.75) is 52.1 Å². The normalized spacial score (nSPS) is 25.4. The van der Waals surface area contributed by atoms with Crippen molar-refractivity contribution in [2.75, 3.05) is 33.3 Å². The van der Waals surface area contributed by atoms with Crippen molar-refractivity contribution in [1.29, 1.82) is 0 Å². The number of likely N-dealkylation sites (N-methyl/N-ethyl adjacent to an activating group) is 2. The number of esters is 1. The van der Waals surface area contributed by atoms with Crippen LogP contribution in [0.2, 0.25) is 0 Å². The zero-order valence-corrected chi connectivity index (χ0v) is 12.3. The molecule has 1 heterocycles. The van der Waals surface area contributed by atoms with Gasteiger partial charge in [0.1, 0.15) is 12.6 Å². The first-order valence-electron chi connectivity index (χ1n) is 7.21. The summed E-state index contributed by atoms with van der Waals surface area (Å²) in [4.78, 5) is 16.5. The zero-order valence-electron chi connectivity index (χ0n) is 12.3. The lowest BCUT2D eigenvalue weighted by atomic mass is 9.97. The number of carbonyl (C=O) groups excluding carboxylic acids is 1. The molecule has 4 heteroatoms. The minimum atomic E-state index is -0.0452. The summed E-state index contributed by atoms with van der Waals surface area (Å²) in [5, 5.41) is 0. The molecule has 1 aliphatic rings. The number of likely N-dealkylation sites (tertiary alicyclic amines) is 1. The minimum Gasteiger partial charge on any atom is -0.463 e. The van der Waals surface area contributed by atoms with Crippen LogP contribution in [0.3, 0.4) is 0 Å². The molecular weight excluding hydrogens is 228 g/mol. The molecule has 106 valence electrons. The van der Waals surface area contributed by atoms with E-state index in [0.29, 0.717) is 12.6 Å². The third kappa shape index (κ3) is 4.25. The van der Waals surface area contributed by atoms with Gasteiger partial charge < -0.3 is 9.64 Å². The highest BCUT2D eigenvalue weighted by atomic mass is 16.5. The molecule has 0 aromatic carbocycles. The van der Waals surface area contributed by atoms with Gasteiger partial charge in [-0.2, -0.15) is 0 Å². The molecular formula is C14H28N2O2. The maximum absolute atomic E-state index is 12.0. The Balaban J connectivity index is 2.31. The van der Waals surface area contributed by atoms with Crippen LogP contribution in [0.5, 0.6) is 0 Å². The first-order chi connectivity index (χ1) is 8.60. The van der Waals surface area contributed by atoms with Crippen molar-refractivity contribution in [3.8, 4) is 0 Å². The van der Waals surface area contributed by atoms with E-state index in [2.05, 4.69) is 30.6 Å². The molecule has 0 radical (unpaired) electrons. The largest absolute Gasteiger partial charge is 0.463 e. The maximum atomic E-state index is 12.0. The van der Waals surface area contributed by atoms with E-state index in [-0.39, 0.29) is 12.0 Å². The van der Waals surface area contributed by atoms with Gasteiger partial charge >= 0.3 is 5.97 Å². The van der Waals surface area contributed by atoms with E-state index in [9.17, 15) is 4.79 Å². The van der Waals surface area contributed by atoms with Gasteiger partial charge in [-0.15, -0.1) is 0 Å². The molecule has 1 rings (SSSR count). The van der Waals surface area contributed by atoms with Crippen molar-refractivity contribution in [1.82, 2.24) is 9.80 Å². The van der Waals surface area contributed by atoms with Gasteiger partial charge in [0, 0.05) is 12.6 Å². The van der Waals surface area contributed by atoms with Gasteiger partial charge in [0.2, 0.25) is 0 Å². The van der Waals surface area contributed by atoms with Gasteiger partial charge in [-0.25, -0.2) is 0 Å². The SMILES string of the molecule is CCN(CC)CCOC(=O)C1CCCC(C)N1C. The van der Waals surface area contributed by atoms with Crippen molar-refractivity contribution in [3.05, 3.63) is 0 Å². The Morgan fingerprint density at radius 2 is 2.00 bits per heavy atom. The number of ether oxygens (including phenoxy) is 1. The summed E-state index contributed by atoms with van der Waals surface area (Å²) in [6.07, 6.45) is 3.24. The van der Waals surface area contributed by atoms with Gasteiger partial charge in [-0.05, 0) is 46.3 Å². The molecule has 0 amide bonds. The average Bonchev–Trinajstić information content (AvgIpc) is 2.37. The molecule has 0 spiro atoms. The second kappa shape index (κ2) is 7.74. The van der Waals surface area contributed by atoms with Crippen LogP contribution in [0.1, 0.15) is 40.0 Å². The fourth-order valence-corrected chi connectivity index (χ4v) is 2.52. The highest BCUT2D eigenvalue weighted by Crippen LogP contribution is 2.21. The lowest BCUT2D eigenvalue weighted by molar-refractivity contribution is -0.152. The van der Waals surface area contributed by atoms with E-state index >= 15 is 0 Å². The highest BCUT2D eigenvalue weighted by molar-refractivity contribution is 5.75. The minimum absolute atomic E-state index is 0.0366. The number of nitrogens with zero attached hydrogens (tertiary/aromatic N) is 2. The van der Waals surface area contributed by atoms with Crippen LogP contribution in [-0.4, -0.2) is 61.1 Å². The molecule has 18 heavy (non-hydrogen) atoms. The first kappa shape index (κ1) is 15.4. The van der Waals surface area contributed by atoms with Gasteiger partial charge in [0.25, 0.3) is 0 Å². The van der Waals surface area contributed by atoms with Gasteiger partial charge in [-0.3, -0.25) is 9.69 Å². The second-order valence-electron chi connectivity index (χ2n) is 5.16. The van der Waals surface area contributed by atoms with E-state index in [1.165, 1.54) is 6.42 Å². The average molecular weight is 256 g/mol. The standard InChI is InChI=1S/C14H28N2O2/c1-5-16(6-2)10-11-18-14(17)13-9-7-8-12(3)15(13)4/h12-13H,5-11H2,1-4H3. The summed E-state index contributed by atoms with van der Waals surface area (Å²) in [6, 6.07) is 0.449. The Hall–Kier alpha value is -0.610. The maximum Gasteiger partial charge on any atom is 0.323 e. The molecule has 4 nitrogen and oxygen atoms in total. The van der Waals surface area contributed by atoms with Crippen LogP contribution in [0.25, 0.3) is 0 Å². The molecule has 1 fully saturated rings. The summed E-state index contributed by atoms with van der Waals surface area (Å²) in [7, 11) is 2.03. The number of piperidine rings is 1. The number of rotatable bonds is 6. The van der Waals surface area contributed by atoms with E-state index < -0.39 is 0 Å². The molecule has 0 aromatic rings. The van der Waals surface area contributed by atoms with Crippen LogP contribution in [-0.2, 0) is 9.53 Å². The zero-order chi connectivity index (χ0) is 13.5.